The molecule has 0 bridgehead atoms. The van der Waals surface area contributed by atoms with Crippen molar-refractivity contribution >= 4 is 23.1 Å². The standard InChI is InChI=1S/C25H29N5O2S/c1-15(2)32-22-11-8-16(14-20(22)26)23-28-29-24(33-23)19-7-5-6-18-17(19)9-10-21(18)27-25(31)30-12-3-4-13-30/h5-8,11,14-15,21H,3-4,9-10,12-13,26H2,1-2H3,(H,27,31)/t21-/m0/s1. The van der Waals surface area contributed by atoms with Crippen molar-refractivity contribution in [3.8, 4) is 26.9 Å². The molecular weight excluding hydrogens is 434 g/mol. The van der Waals surface area contributed by atoms with Crippen LogP contribution in [0.3, 0.4) is 0 Å². The average molecular weight is 464 g/mol. The lowest BCUT2D eigenvalue weighted by atomic mass is 10.0. The zero-order valence-electron chi connectivity index (χ0n) is 19.0. The first-order valence-electron chi connectivity index (χ1n) is 11.6. The average Bonchev–Trinajstić information content (AvgIpc) is 3.56. The van der Waals surface area contributed by atoms with E-state index in [4.69, 9.17) is 10.5 Å². The van der Waals surface area contributed by atoms with Gasteiger partial charge in [0.05, 0.1) is 17.8 Å². The molecule has 2 amide bonds. The molecule has 2 aromatic carbocycles. The lowest BCUT2D eigenvalue weighted by molar-refractivity contribution is 0.204. The predicted molar refractivity (Wildman–Crippen MR) is 131 cm³/mol. The molecule has 5 rings (SSSR count). The molecule has 1 aliphatic carbocycles. The van der Waals surface area contributed by atoms with Gasteiger partial charge >= 0.3 is 6.03 Å². The molecule has 0 radical (unpaired) electrons. The van der Waals surface area contributed by atoms with E-state index in [-0.39, 0.29) is 18.2 Å². The van der Waals surface area contributed by atoms with E-state index in [1.807, 2.05) is 43.0 Å². The number of nitrogens with zero attached hydrogens (tertiary/aromatic N) is 3. The third kappa shape index (κ3) is 4.39. The molecule has 1 fully saturated rings. The highest BCUT2D eigenvalue weighted by Crippen LogP contribution is 2.40. The van der Waals surface area contributed by atoms with Gasteiger partial charge in [-0.05, 0) is 68.9 Å². The molecule has 2 heterocycles. The van der Waals surface area contributed by atoms with E-state index < -0.39 is 0 Å². The number of fused-ring (bicyclic) bond motifs is 1. The van der Waals surface area contributed by atoms with Gasteiger partial charge in [0.1, 0.15) is 15.8 Å². The third-order valence-electron chi connectivity index (χ3n) is 6.24. The maximum Gasteiger partial charge on any atom is 0.317 e. The Hall–Kier alpha value is -3.13. The smallest absolute Gasteiger partial charge is 0.317 e. The van der Waals surface area contributed by atoms with Crippen molar-refractivity contribution in [3.05, 3.63) is 47.5 Å². The molecule has 1 atom stereocenters. The minimum Gasteiger partial charge on any atom is -0.489 e. The Morgan fingerprint density at radius 2 is 1.97 bits per heavy atom. The summed E-state index contributed by atoms with van der Waals surface area (Å²) < 4.78 is 5.74. The van der Waals surface area contributed by atoms with Gasteiger partial charge in [0.25, 0.3) is 0 Å². The number of nitrogens with one attached hydrogen (secondary N) is 1. The second-order valence-corrected chi connectivity index (χ2v) is 9.92. The second kappa shape index (κ2) is 9.02. The van der Waals surface area contributed by atoms with Crippen LogP contribution in [0, 0.1) is 0 Å². The largest absolute Gasteiger partial charge is 0.489 e. The monoisotopic (exact) mass is 463 g/mol. The van der Waals surface area contributed by atoms with Gasteiger partial charge in [-0.25, -0.2) is 4.79 Å². The van der Waals surface area contributed by atoms with E-state index >= 15 is 0 Å². The SMILES string of the molecule is CC(C)Oc1ccc(-c2nnc(-c3cccc4c3CC[C@@H]4NC(=O)N3CCCC3)s2)cc1N. The summed E-state index contributed by atoms with van der Waals surface area (Å²) in [6.07, 6.45) is 4.08. The number of benzene rings is 2. The molecule has 1 saturated heterocycles. The summed E-state index contributed by atoms with van der Waals surface area (Å²) in [4.78, 5) is 14.5. The van der Waals surface area contributed by atoms with Crippen LogP contribution in [0.15, 0.2) is 36.4 Å². The van der Waals surface area contributed by atoms with Crippen LogP contribution < -0.4 is 15.8 Å². The molecule has 1 aromatic heterocycles. The Bertz CT molecular complexity index is 1170. The van der Waals surface area contributed by atoms with Crippen molar-refractivity contribution in [2.45, 2.75) is 51.7 Å². The van der Waals surface area contributed by atoms with Crippen LogP contribution in [0.25, 0.3) is 21.1 Å². The van der Waals surface area contributed by atoms with E-state index in [1.54, 1.807) is 11.3 Å². The fourth-order valence-corrected chi connectivity index (χ4v) is 5.55. The fourth-order valence-electron chi connectivity index (χ4n) is 4.66. The third-order valence-corrected chi connectivity index (χ3v) is 7.24. The number of aromatic nitrogens is 2. The number of anilines is 1. The van der Waals surface area contributed by atoms with Gasteiger partial charge < -0.3 is 20.7 Å². The summed E-state index contributed by atoms with van der Waals surface area (Å²) in [5, 5.41) is 13.9. The molecule has 1 aliphatic heterocycles. The molecule has 3 N–H and O–H groups in total. The zero-order chi connectivity index (χ0) is 22.9. The Morgan fingerprint density at radius 1 is 1.18 bits per heavy atom. The number of amides is 2. The summed E-state index contributed by atoms with van der Waals surface area (Å²) >= 11 is 1.55. The quantitative estimate of drug-likeness (QED) is 0.518. The van der Waals surface area contributed by atoms with E-state index in [2.05, 4.69) is 27.6 Å². The molecule has 0 saturated carbocycles. The van der Waals surface area contributed by atoms with Gasteiger partial charge in [-0.1, -0.05) is 29.5 Å². The van der Waals surface area contributed by atoms with Gasteiger partial charge in [0, 0.05) is 24.2 Å². The van der Waals surface area contributed by atoms with Crippen molar-refractivity contribution in [2.75, 3.05) is 18.8 Å². The van der Waals surface area contributed by atoms with Crippen molar-refractivity contribution < 1.29 is 9.53 Å². The number of carbonyl (C=O) groups is 1. The second-order valence-electron chi connectivity index (χ2n) is 8.94. The highest BCUT2D eigenvalue weighted by atomic mass is 32.1. The van der Waals surface area contributed by atoms with Crippen molar-refractivity contribution in [1.82, 2.24) is 20.4 Å². The van der Waals surface area contributed by atoms with E-state index in [0.717, 1.165) is 59.9 Å². The number of carbonyl (C=O) groups excluding carboxylic acids is 1. The van der Waals surface area contributed by atoms with Crippen molar-refractivity contribution in [2.24, 2.45) is 0 Å². The van der Waals surface area contributed by atoms with E-state index in [9.17, 15) is 4.79 Å². The normalized spacial score (nSPS) is 17.4. The topological polar surface area (TPSA) is 93.4 Å². The van der Waals surface area contributed by atoms with E-state index in [1.165, 1.54) is 11.1 Å². The van der Waals surface area contributed by atoms with Gasteiger partial charge in [-0.15, -0.1) is 10.2 Å². The molecule has 3 aromatic rings. The molecule has 7 nitrogen and oxygen atoms in total. The van der Waals surface area contributed by atoms with Crippen molar-refractivity contribution in [1.29, 1.82) is 0 Å². The first-order valence-corrected chi connectivity index (χ1v) is 12.4. The maximum atomic E-state index is 12.6. The number of ether oxygens (including phenoxy) is 1. The number of urea groups is 1. The van der Waals surface area contributed by atoms with Crippen LogP contribution in [0.1, 0.15) is 50.3 Å². The number of likely N-dealkylation sites (tertiary alicyclic amines) is 1. The highest BCUT2D eigenvalue weighted by molar-refractivity contribution is 7.17. The van der Waals surface area contributed by atoms with Crippen LogP contribution in [-0.4, -0.2) is 40.3 Å². The van der Waals surface area contributed by atoms with Gasteiger partial charge in [-0.2, -0.15) is 0 Å². The van der Waals surface area contributed by atoms with E-state index in [0.29, 0.717) is 11.4 Å². The fraction of sp³-hybridized carbons (Fsp3) is 0.400. The zero-order valence-corrected chi connectivity index (χ0v) is 19.8. The summed E-state index contributed by atoms with van der Waals surface area (Å²) in [6.45, 7) is 5.67. The summed E-state index contributed by atoms with van der Waals surface area (Å²) in [6, 6.07) is 12.1. The number of hydrogen-bond acceptors (Lipinski definition) is 6. The van der Waals surface area contributed by atoms with Crippen LogP contribution in [0.4, 0.5) is 10.5 Å². The van der Waals surface area contributed by atoms with Crippen LogP contribution in [0.2, 0.25) is 0 Å². The summed E-state index contributed by atoms with van der Waals surface area (Å²) in [7, 11) is 0. The lowest BCUT2D eigenvalue weighted by Crippen LogP contribution is -2.39. The molecule has 0 spiro atoms. The Kier molecular flexibility index (Phi) is 5.93. The number of nitrogen functional groups attached to an aromatic ring is 1. The molecule has 33 heavy (non-hydrogen) atoms. The minimum atomic E-state index is 0.0498. The lowest BCUT2D eigenvalue weighted by Gasteiger charge is -2.20. The number of rotatable bonds is 5. The van der Waals surface area contributed by atoms with Gasteiger partial charge in [0.2, 0.25) is 0 Å². The Balaban J connectivity index is 1.37. The number of nitrogens with two attached hydrogens (primary N) is 1. The first kappa shape index (κ1) is 21.7. The maximum absolute atomic E-state index is 12.6. The van der Waals surface area contributed by atoms with Crippen LogP contribution in [0.5, 0.6) is 5.75 Å². The van der Waals surface area contributed by atoms with Crippen LogP contribution in [-0.2, 0) is 6.42 Å². The summed E-state index contributed by atoms with van der Waals surface area (Å²) in [5.41, 5.74) is 11.3. The number of hydrogen-bond donors (Lipinski definition) is 2. The molecule has 8 heteroatoms. The minimum absolute atomic E-state index is 0.0498. The van der Waals surface area contributed by atoms with Crippen molar-refractivity contribution in [3.63, 3.8) is 0 Å². The molecular formula is C25H29N5O2S. The Labute approximate surface area is 198 Å². The first-order chi connectivity index (χ1) is 16.0. The van der Waals surface area contributed by atoms with Gasteiger partial charge in [-0.3, -0.25) is 0 Å². The molecule has 172 valence electrons. The summed E-state index contributed by atoms with van der Waals surface area (Å²) in [5.74, 6) is 0.682. The Morgan fingerprint density at radius 3 is 2.73 bits per heavy atom. The molecule has 0 unspecified atom stereocenters. The predicted octanol–water partition coefficient (Wildman–Crippen LogP) is 5.03. The van der Waals surface area contributed by atoms with Gasteiger partial charge in [0.15, 0.2) is 0 Å². The molecule has 2 aliphatic rings. The van der Waals surface area contributed by atoms with Crippen LogP contribution >= 0.6 is 11.3 Å². The highest BCUT2D eigenvalue weighted by Gasteiger charge is 2.29.